The molecule has 2 rings (SSSR count). The van der Waals surface area contributed by atoms with Gasteiger partial charge in [-0.15, -0.1) is 0 Å². The van der Waals surface area contributed by atoms with Gasteiger partial charge >= 0.3 is 0 Å². The molecule has 0 aliphatic rings. The monoisotopic (exact) mass is 281 g/mol. The Balaban J connectivity index is 2.76. The molecule has 2 aromatic rings. The van der Waals surface area contributed by atoms with Crippen LogP contribution >= 0.6 is 11.6 Å². The number of aliphatic hydroxyl groups excluding tert-OH is 1. The van der Waals surface area contributed by atoms with Gasteiger partial charge in [0.15, 0.2) is 5.82 Å². The van der Waals surface area contributed by atoms with E-state index in [4.69, 9.17) is 11.6 Å². The number of nitrogens with zero attached hydrogens (tertiary/aromatic N) is 1. The van der Waals surface area contributed by atoms with E-state index in [1.54, 1.807) is 19.2 Å². The Morgan fingerprint density at radius 1 is 1.32 bits per heavy atom. The molecule has 0 radical (unpaired) electrons. The Bertz CT molecular complexity index is 611. The van der Waals surface area contributed by atoms with Gasteiger partial charge in [0.25, 0.3) is 0 Å². The van der Waals surface area contributed by atoms with E-state index >= 15 is 0 Å². The van der Waals surface area contributed by atoms with Crippen molar-refractivity contribution in [3.8, 4) is 0 Å². The normalized spacial score (nSPS) is 13.2. The number of aliphatic hydroxyl groups is 1. The molecule has 1 heterocycles. The summed E-state index contributed by atoms with van der Waals surface area (Å²) >= 11 is 5.94. The molecule has 0 saturated heterocycles. The van der Waals surface area contributed by atoms with Gasteiger partial charge in [-0.1, -0.05) is 25.4 Å². The molecule has 1 N–H and O–H groups in total. The van der Waals surface area contributed by atoms with E-state index < -0.39 is 11.9 Å². The van der Waals surface area contributed by atoms with Crippen LogP contribution in [0.15, 0.2) is 18.3 Å². The second kappa shape index (κ2) is 5.43. The van der Waals surface area contributed by atoms with Crippen molar-refractivity contribution in [2.45, 2.75) is 39.2 Å². The highest BCUT2D eigenvalue weighted by atomic mass is 35.5. The van der Waals surface area contributed by atoms with Crippen LogP contribution in [0.25, 0.3) is 10.9 Å². The van der Waals surface area contributed by atoms with Crippen molar-refractivity contribution in [2.24, 2.45) is 0 Å². The van der Waals surface area contributed by atoms with E-state index in [1.807, 2.05) is 13.8 Å². The minimum atomic E-state index is -0.458. The van der Waals surface area contributed by atoms with Gasteiger partial charge in [-0.05, 0) is 42.5 Å². The molecule has 102 valence electrons. The van der Waals surface area contributed by atoms with Crippen molar-refractivity contribution in [1.29, 1.82) is 0 Å². The van der Waals surface area contributed by atoms with E-state index in [2.05, 4.69) is 4.98 Å². The number of halogens is 2. The van der Waals surface area contributed by atoms with Gasteiger partial charge in [0.2, 0.25) is 0 Å². The molecule has 0 aliphatic carbocycles. The zero-order valence-corrected chi connectivity index (χ0v) is 12.0. The summed E-state index contributed by atoms with van der Waals surface area (Å²) < 4.78 is 13.9. The first-order valence-corrected chi connectivity index (χ1v) is 6.72. The van der Waals surface area contributed by atoms with Crippen LogP contribution in [0, 0.1) is 5.82 Å². The van der Waals surface area contributed by atoms with Crippen LogP contribution in [-0.2, 0) is 6.42 Å². The first-order valence-electron chi connectivity index (χ1n) is 6.34. The van der Waals surface area contributed by atoms with Gasteiger partial charge < -0.3 is 5.11 Å². The standard InChI is InChI=1S/C15H17ClFNO/c1-8(2)14-10(4-9(3)19)7-18-15-12(14)5-11(16)6-13(15)17/h5-9,19H,4H2,1-3H3. The predicted octanol–water partition coefficient (Wildman–Crippen LogP) is 4.07. The van der Waals surface area contributed by atoms with Crippen LogP contribution in [0.2, 0.25) is 5.02 Å². The number of hydrogen-bond donors (Lipinski definition) is 1. The summed E-state index contributed by atoms with van der Waals surface area (Å²) in [4.78, 5) is 4.17. The number of aromatic nitrogens is 1. The topological polar surface area (TPSA) is 33.1 Å². The fourth-order valence-electron chi connectivity index (χ4n) is 2.45. The minimum absolute atomic E-state index is 0.206. The molecule has 1 unspecified atom stereocenters. The zero-order valence-electron chi connectivity index (χ0n) is 11.2. The summed E-state index contributed by atoms with van der Waals surface area (Å²) in [5, 5.41) is 10.7. The van der Waals surface area contributed by atoms with E-state index in [-0.39, 0.29) is 5.92 Å². The zero-order chi connectivity index (χ0) is 14.2. The van der Waals surface area contributed by atoms with Crippen LogP contribution < -0.4 is 0 Å². The molecule has 2 nitrogen and oxygen atoms in total. The van der Waals surface area contributed by atoms with Crippen LogP contribution in [0.1, 0.15) is 37.8 Å². The van der Waals surface area contributed by atoms with E-state index in [1.165, 1.54) is 6.07 Å². The smallest absolute Gasteiger partial charge is 0.150 e. The van der Waals surface area contributed by atoms with Crippen LogP contribution in [-0.4, -0.2) is 16.2 Å². The van der Waals surface area contributed by atoms with Gasteiger partial charge in [-0.2, -0.15) is 0 Å². The van der Waals surface area contributed by atoms with Gasteiger partial charge in [0.1, 0.15) is 5.52 Å². The lowest BCUT2D eigenvalue weighted by molar-refractivity contribution is 0.195. The van der Waals surface area contributed by atoms with Crippen LogP contribution in [0.3, 0.4) is 0 Å². The average Bonchev–Trinajstić information content (AvgIpc) is 2.26. The molecule has 1 aromatic heterocycles. The second-order valence-corrected chi connectivity index (χ2v) is 5.63. The maximum Gasteiger partial charge on any atom is 0.150 e. The molecule has 0 fully saturated rings. The average molecular weight is 282 g/mol. The maximum absolute atomic E-state index is 13.9. The molecule has 0 amide bonds. The van der Waals surface area contributed by atoms with Gasteiger partial charge in [-0.25, -0.2) is 4.39 Å². The Morgan fingerprint density at radius 2 is 2.00 bits per heavy atom. The van der Waals surface area contributed by atoms with Crippen LogP contribution in [0.4, 0.5) is 4.39 Å². The lowest BCUT2D eigenvalue weighted by Crippen LogP contribution is -2.09. The molecule has 4 heteroatoms. The lowest BCUT2D eigenvalue weighted by atomic mass is 9.91. The first-order chi connectivity index (χ1) is 8.90. The Hall–Kier alpha value is -1.19. The minimum Gasteiger partial charge on any atom is -0.393 e. The molecule has 1 atom stereocenters. The summed E-state index contributed by atoms with van der Waals surface area (Å²) in [6.45, 7) is 5.81. The second-order valence-electron chi connectivity index (χ2n) is 5.19. The molecule has 0 saturated carbocycles. The number of rotatable bonds is 3. The molecular formula is C15H17ClFNO. The molecule has 0 aliphatic heterocycles. The summed E-state index contributed by atoms with van der Waals surface area (Å²) in [6.07, 6.45) is 1.70. The maximum atomic E-state index is 13.9. The Kier molecular flexibility index (Phi) is 4.07. The highest BCUT2D eigenvalue weighted by molar-refractivity contribution is 6.31. The third kappa shape index (κ3) is 2.88. The summed E-state index contributed by atoms with van der Waals surface area (Å²) in [5.74, 6) is -0.204. The molecule has 1 aromatic carbocycles. The number of pyridine rings is 1. The summed E-state index contributed by atoms with van der Waals surface area (Å²) in [5.41, 5.74) is 2.29. The number of fused-ring (bicyclic) bond motifs is 1. The third-order valence-electron chi connectivity index (χ3n) is 3.11. The molecule has 19 heavy (non-hydrogen) atoms. The van der Waals surface area contributed by atoms with Crippen molar-refractivity contribution < 1.29 is 9.50 Å². The van der Waals surface area contributed by atoms with Crippen molar-refractivity contribution in [3.05, 3.63) is 40.3 Å². The van der Waals surface area contributed by atoms with E-state index in [0.717, 1.165) is 16.5 Å². The van der Waals surface area contributed by atoms with Gasteiger partial charge in [-0.3, -0.25) is 4.98 Å². The quantitative estimate of drug-likeness (QED) is 0.920. The molecule has 0 spiro atoms. The molecule has 0 bridgehead atoms. The van der Waals surface area contributed by atoms with Crippen molar-refractivity contribution in [2.75, 3.05) is 0 Å². The fourth-order valence-corrected chi connectivity index (χ4v) is 2.66. The predicted molar refractivity (Wildman–Crippen MR) is 76.2 cm³/mol. The highest BCUT2D eigenvalue weighted by Crippen LogP contribution is 2.31. The number of benzene rings is 1. The fraction of sp³-hybridized carbons (Fsp3) is 0.400. The molecular weight excluding hydrogens is 265 g/mol. The van der Waals surface area contributed by atoms with E-state index in [9.17, 15) is 9.50 Å². The lowest BCUT2D eigenvalue weighted by Gasteiger charge is -2.17. The Labute approximate surface area is 117 Å². The summed E-state index contributed by atoms with van der Waals surface area (Å²) in [6, 6.07) is 3.02. The van der Waals surface area contributed by atoms with E-state index in [0.29, 0.717) is 17.0 Å². The largest absolute Gasteiger partial charge is 0.393 e. The SMILES string of the molecule is CC(O)Cc1cnc2c(F)cc(Cl)cc2c1C(C)C. The van der Waals surface area contributed by atoms with Crippen molar-refractivity contribution in [3.63, 3.8) is 0 Å². The van der Waals surface area contributed by atoms with Gasteiger partial charge in [0.05, 0.1) is 6.10 Å². The van der Waals surface area contributed by atoms with Crippen molar-refractivity contribution >= 4 is 22.5 Å². The highest BCUT2D eigenvalue weighted by Gasteiger charge is 2.16. The third-order valence-corrected chi connectivity index (χ3v) is 3.32. The first kappa shape index (κ1) is 14.2. The summed E-state index contributed by atoms with van der Waals surface area (Å²) in [7, 11) is 0. The van der Waals surface area contributed by atoms with Gasteiger partial charge in [0, 0.05) is 16.6 Å². The Morgan fingerprint density at radius 3 is 2.58 bits per heavy atom. The number of hydrogen-bond acceptors (Lipinski definition) is 2. The van der Waals surface area contributed by atoms with Crippen molar-refractivity contribution in [1.82, 2.24) is 4.98 Å². The van der Waals surface area contributed by atoms with Crippen LogP contribution in [0.5, 0.6) is 0 Å².